The summed E-state index contributed by atoms with van der Waals surface area (Å²) in [6.07, 6.45) is 0. The maximum absolute atomic E-state index is 12.7. The molecule has 0 N–H and O–H groups in total. The summed E-state index contributed by atoms with van der Waals surface area (Å²) in [4.78, 5) is 25.6. The van der Waals surface area contributed by atoms with E-state index in [4.69, 9.17) is 4.74 Å². The molecule has 6 nitrogen and oxygen atoms in total. The molecule has 2 rings (SSSR count). The third kappa shape index (κ3) is 4.98. The molecule has 0 aromatic heterocycles. The molecule has 26 heavy (non-hydrogen) atoms. The van der Waals surface area contributed by atoms with Gasteiger partial charge in [-0.25, -0.2) is 0 Å². The molecular formula is C19H22N2O4S. The summed E-state index contributed by atoms with van der Waals surface area (Å²) in [5, 5.41) is 10.7. The van der Waals surface area contributed by atoms with Gasteiger partial charge in [0.1, 0.15) is 5.75 Å². The lowest BCUT2D eigenvalue weighted by molar-refractivity contribution is -0.384. The van der Waals surface area contributed by atoms with E-state index >= 15 is 0 Å². The van der Waals surface area contributed by atoms with Gasteiger partial charge < -0.3 is 9.64 Å². The summed E-state index contributed by atoms with van der Waals surface area (Å²) in [7, 11) is 1.62. The van der Waals surface area contributed by atoms with Crippen LogP contribution < -0.4 is 4.74 Å². The van der Waals surface area contributed by atoms with Crippen molar-refractivity contribution in [3.8, 4) is 5.75 Å². The number of hydrogen-bond donors (Lipinski definition) is 0. The summed E-state index contributed by atoms with van der Waals surface area (Å²) < 4.78 is 5.26. The smallest absolute Gasteiger partial charge is 0.269 e. The standard InChI is InChI=1S/C19H22N2O4S/c1-4-20(14(2)15-6-5-7-17(12-15)25-3)19(22)13-26-18-10-8-16(9-11-18)21(23)24/h5-12,14H,4,13H2,1-3H3. The summed E-state index contributed by atoms with van der Waals surface area (Å²) >= 11 is 1.37. The Morgan fingerprint density at radius 3 is 2.54 bits per heavy atom. The van der Waals surface area contributed by atoms with Gasteiger partial charge in [-0.05, 0) is 43.7 Å². The van der Waals surface area contributed by atoms with Crippen molar-refractivity contribution in [1.29, 1.82) is 0 Å². The minimum absolute atomic E-state index is 0.0196. The molecule has 0 aliphatic rings. The Bertz CT molecular complexity index is 764. The number of nitro benzene ring substituents is 1. The Kier molecular flexibility index (Phi) is 7.03. The van der Waals surface area contributed by atoms with Crippen LogP contribution >= 0.6 is 11.8 Å². The summed E-state index contributed by atoms with van der Waals surface area (Å²) in [5.74, 6) is 1.06. The van der Waals surface area contributed by atoms with E-state index in [-0.39, 0.29) is 23.4 Å². The fourth-order valence-electron chi connectivity index (χ4n) is 2.64. The minimum Gasteiger partial charge on any atom is -0.497 e. The first kappa shape index (κ1) is 19.8. The molecule has 0 fully saturated rings. The Morgan fingerprint density at radius 2 is 1.96 bits per heavy atom. The van der Waals surface area contributed by atoms with Crippen molar-refractivity contribution < 1.29 is 14.5 Å². The van der Waals surface area contributed by atoms with E-state index in [9.17, 15) is 14.9 Å². The lowest BCUT2D eigenvalue weighted by atomic mass is 10.1. The molecule has 1 unspecified atom stereocenters. The van der Waals surface area contributed by atoms with E-state index < -0.39 is 4.92 Å². The van der Waals surface area contributed by atoms with E-state index in [2.05, 4.69) is 0 Å². The topological polar surface area (TPSA) is 72.7 Å². The number of nitrogens with zero attached hydrogens (tertiary/aromatic N) is 2. The van der Waals surface area contributed by atoms with Crippen LogP contribution in [0, 0.1) is 10.1 Å². The van der Waals surface area contributed by atoms with E-state index in [1.807, 2.05) is 43.0 Å². The van der Waals surface area contributed by atoms with E-state index in [0.29, 0.717) is 6.54 Å². The van der Waals surface area contributed by atoms with E-state index in [1.165, 1.54) is 23.9 Å². The molecule has 1 atom stereocenters. The number of methoxy groups -OCH3 is 1. The molecule has 7 heteroatoms. The molecule has 2 aromatic rings. The first-order valence-electron chi connectivity index (χ1n) is 8.27. The summed E-state index contributed by atoms with van der Waals surface area (Å²) in [6.45, 7) is 4.54. The van der Waals surface area contributed by atoms with Crippen molar-refractivity contribution in [2.24, 2.45) is 0 Å². The maximum atomic E-state index is 12.7. The Hall–Kier alpha value is -2.54. The average Bonchev–Trinajstić information content (AvgIpc) is 2.67. The SMILES string of the molecule is CCN(C(=O)CSc1ccc([N+](=O)[O-])cc1)C(C)c1cccc(OC)c1. The number of carbonyl (C=O) groups excluding carboxylic acids is 1. The second-order valence-electron chi connectivity index (χ2n) is 5.67. The zero-order valence-corrected chi connectivity index (χ0v) is 15.9. The van der Waals surface area contributed by atoms with Gasteiger partial charge in [0.2, 0.25) is 5.91 Å². The fraction of sp³-hybridized carbons (Fsp3) is 0.316. The van der Waals surface area contributed by atoms with Gasteiger partial charge in [-0.1, -0.05) is 12.1 Å². The van der Waals surface area contributed by atoms with Gasteiger partial charge in [0, 0.05) is 23.6 Å². The molecule has 0 saturated heterocycles. The molecule has 1 amide bonds. The summed E-state index contributed by atoms with van der Waals surface area (Å²) in [6, 6.07) is 13.9. The number of nitro groups is 1. The molecule has 138 valence electrons. The molecule has 0 spiro atoms. The largest absolute Gasteiger partial charge is 0.497 e. The first-order chi connectivity index (χ1) is 12.5. The normalized spacial score (nSPS) is 11.7. The van der Waals surface area contributed by atoms with Crippen LogP contribution in [0.5, 0.6) is 5.75 Å². The Morgan fingerprint density at radius 1 is 1.27 bits per heavy atom. The number of carbonyl (C=O) groups is 1. The highest BCUT2D eigenvalue weighted by Crippen LogP contribution is 2.26. The van der Waals surface area contributed by atoms with Crippen molar-refractivity contribution in [1.82, 2.24) is 4.90 Å². The number of amides is 1. The lowest BCUT2D eigenvalue weighted by Gasteiger charge is -2.28. The maximum Gasteiger partial charge on any atom is 0.269 e. The minimum atomic E-state index is -0.436. The number of hydrogen-bond acceptors (Lipinski definition) is 5. The second-order valence-corrected chi connectivity index (χ2v) is 6.72. The predicted molar refractivity (Wildman–Crippen MR) is 103 cm³/mol. The van der Waals surface area contributed by atoms with Gasteiger partial charge >= 0.3 is 0 Å². The third-order valence-electron chi connectivity index (χ3n) is 4.11. The number of benzene rings is 2. The Labute approximate surface area is 157 Å². The highest BCUT2D eigenvalue weighted by molar-refractivity contribution is 8.00. The van der Waals surface area contributed by atoms with Gasteiger partial charge in [-0.2, -0.15) is 0 Å². The van der Waals surface area contributed by atoms with Gasteiger partial charge in [0.25, 0.3) is 5.69 Å². The molecule has 0 saturated carbocycles. The quantitative estimate of drug-likeness (QED) is 0.391. The van der Waals surface area contributed by atoms with Gasteiger partial charge in [0.05, 0.1) is 23.8 Å². The average molecular weight is 374 g/mol. The second kappa shape index (κ2) is 9.24. The monoisotopic (exact) mass is 374 g/mol. The van der Waals surface area contributed by atoms with Crippen LogP contribution in [0.25, 0.3) is 0 Å². The van der Waals surface area contributed by atoms with E-state index in [1.54, 1.807) is 19.2 Å². The predicted octanol–water partition coefficient (Wildman–Crippen LogP) is 4.31. The van der Waals surface area contributed by atoms with Crippen LogP contribution in [0.15, 0.2) is 53.4 Å². The van der Waals surface area contributed by atoms with Crippen LogP contribution in [0.1, 0.15) is 25.5 Å². The zero-order chi connectivity index (χ0) is 19.1. The molecule has 2 aromatic carbocycles. The molecule has 0 heterocycles. The zero-order valence-electron chi connectivity index (χ0n) is 15.0. The van der Waals surface area contributed by atoms with Crippen LogP contribution in [-0.4, -0.2) is 35.1 Å². The highest BCUT2D eigenvalue weighted by Gasteiger charge is 2.20. The summed E-state index contributed by atoms with van der Waals surface area (Å²) in [5.41, 5.74) is 1.06. The first-order valence-corrected chi connectivity index (χ1v) is 9.25. The van der Waals surface area contributed by atoms with E-state index in [0.717, 1.165) is 16.2 Å². The third-order valence-corrected chi connectivity index (χ3v) is 5.11. The number of ether oxygens (including phenoxy) is 1. The molecular weight excluding hydrogens is 352 g/mol. The lowest BCUT2D eigenvalue weighted by Crippen LogP contribution is -2.34. The van der Waals surface area contributed by atoms with Crippen LogP contribution in [-0.2, 0) is 4.79 Å². The van der Waals surface area contributed by atoms with Crippen LogP contribution in [0.4, 0.5) is 5.69 Å². The molecule has 0 radical (unpaired) electrons. The number of thioether (sulfide) groups is 1. The van der Waals surface area contributed by atoms with Crippen molar-refractivity contribution in [2.45, 2.75) is 24.8 Å². The highest BCUT2D eigenvalue weighted by atomic mass is 32.2. The van der Waals surface area contributed by atoms with Crippen LogP contribution in [0.2, 0.25) is 0 Å². The Balaban J connectivity index is 2.02. The van der Waals surface area contributed by atoms with Gasteiger partial charge in [0.15, 0.2) is 0 Å². The van der Waals surface area contributed by atoms with Gasteiger partial charge in [-0.15, -0.1) is 11.8 Å². The van der Waals surface area contributed by atoms with Crippen molar-refractivity contribution in [2.75, 3.05) is 19.4 Å². The molecule has 0 bridgehead atoms. The van der Waals surface area contributed by atoms with Crippen molar-refractivity contribution in [3.63, 3.8) is 0 Å². The number of non-ortho nitro benzene ring substituents is 1. The van der Waals surface area contributed by atoms with Crippen molar-refractivity contribution in [3.05, 3.63) is 64.2 Å². The van der Waals surface area contributed by atoms with Crippen molar-refractivity contribution >= 4 is 23.4 Å². The molecule has 0 aliphatic heterocycles. The number of rotatable bonds is 8. The van der Waals surface area contributed by atoms with Crippen LogP contribution in [0.3, 0.4) is 0 Å². The fourth-order valence-corrected chi connectivity index (χ4v) is 3.42. The molecule has 0 aliphatic carbocycles. The van der Waals surface area contributed by atoms with Gasteiger partial charge in [-0.3, -0.25) is 14.9 Å².